The molecule has 0 heterocycles. The minimum atomic E-state index is 0.557. The summed E-state index contributed by atoms with van der Waals surface area (Å²) in [5, 5.41) is 2.13. The highest BCUT2D eigenvalue weighted by molar-refractivity contribution is 5.46. The monoisotopic (exact) mass is 272 g/mol. The zero-order valence-corrected chi connectivity index (χ0v) is 12.1. The molecule has 20 heavy (non-hydrogen) atoms. The highest BCUT2D eigenvalue weighted by Gasteiger charge is 2.12. The van der Waals surface area contributed by atoms with E-state index in [0.717, 1.165) is 29.2 Å². The lowest BCUT2D eigenvalue weighted by molar-refractivity contribution is -0.643. The molecule has 2 N–H and O–H groups in total. The summed E-state index contributed by atoms with van der Waals surface area (Å²) in [7, 11) is 2.05. The van der Waals surface area contributed by atoms with Gasteiger partial charge in [0, 0.05) is 0 Å². The molecule has 0 unspecified atom stereocenters. The topological polar surface area (TPSA) is 35.1 Å². The van der Waals surface area contributed by atoms with Crippen molar-refractivity contribution in [2.24, 2.45) is 0 Å². The van der Waals surface area contributed by atoms with Crippen molar-refractivity contribution in [2.45, 2.75) is 20.1 Å². The SMILES string of the molecule is CCOc1cccc(C[NH2+]C)c1OCc1ccccc1. The predicted molar refractivity (Wildman–Crippen MR) is 79.9 cm³/mol. The summed E-state index contributed by atoms with van der Waals surface area (Å²) < 4.78 is 11.7. The maximum atomic E-state index is 6.01. The maximum absolute atomic E-state index is 6.01. The molecule has 0 spiro atoms. The van der Waals surface area contributed by atoms with Gasteiger partial charge >= 0.3 is 0 Å². The molecule has 2 rings (SSSR count). The standard InChI is InChI=1S/C17H21NO2/c1-3-19-16-11-7-10-15(12-18-2)17(16)20-13-14-8-5-4-6-9-14/h4-11,18H,3,12-13H2,1-2H3/p+1. The molecule has 2 aromatic rings. The van der Waals surface area contributed by atoms with E-state index in [1.54, 1.807) is 0 Å². The fraction of sp³-hybridized carbons (Fsp3) is 0.294. The van der Waals surface area contributed by atoms with Crippen LogP contribution in [0.3, 0.4) is 0 Å². The van der Waals surface area contributed by atoms with Crippen molar-refractivity contribution < 1.29 is 14.8 Å². The zero-order chi connectivity index (χ0) is 14.2. The molecule has 3 nitrogen and oxygen atoms in total. The fourth-order valence-corrected chi connectivity index (χ4v) is 2.10. The van der Waals surface area contributed by atoms with E-state index in [1.807, 2.05) is 44.3 Å². The quantitative estimate of drug-likeness (QED) is 0.839. The predicted octanol–water partition coefficient (Wildman–Crippen LogP) is 2.36. The van der Waals surface area contributed by atoms with Crippen LogP contribution < -0.4 is 14.8 Å². The second kappa shape index (κ2) is 7.56. The van der Waals surface area contributed by atoms with Gasteiger partial charge in [0.1, 0.15) is 13.2 Å². The number of hydrogen-bond acceptors (Lipinski definition) is 2. The Morgan fingerprint density at radius 1 is 0.950 bits per heavy atom. The van der Waals surface area contributed by atoms with Crippen molar-refractivity contribution in [3.63, 3.8) is 0 Å². The third kappa shape index (κ3) is 3.75. The van der Waals surface area contributed by atoms with Crippen LogP contribution in [0.4, 0.5) is 0 Å². The molecule has 0 amide bonds. The van der Waals surface area contributed by atoms with Crippen molar-refractivity contribution in [1.82, 2.24) is 0 Å². The van der Waals surface area contributed by atoms with Crippen LogP contribution in [0.1, 0.15) is 18.1 Å². The van der Waals surface area contributed by atoms with Crippen molar-refractivity contribution in [3.05, 3.63) is 59.7 Å². The Morgan fingerprint density at radius 2 is 1.75 bits per heavy atom. The van der Waals surface area contributed by atoms with Gasteiger partial charge in [-0.2, -0.15) is 0 Å². The molecule has 0 aliphatic heterocycles. The van der Waals surface area contributed by atoms with E-state index in [0.29, 0.717) is 13.2 Å². The van der Waals surface area contributed by atoms with Gasteiger partial charge in [-0.15, -0.1) is 0 Å². The van der Waals surface area contributed by atoms with Crippen molar-refractivity contribution in [3.8, 4) is 11.5 Å². The van der Waals surface area contributed by atoms with Crippen LogP contribution in [0, 0.1) is 0 Å². The zero-order valence-electron chi connectivity index (χ0n) is 12.1. The van der Waals surface area contributed by atoms with E-state index in [2.05, 4.69) is 23.5 Å². The highest BCUT2D eigenvalue weighted by atomic mass is 16.5. The molecular weight excluding hydrogens is 250 g/mol. The highest BCUT2D eigenvalue weighted by Crippen LogP contribution is 2.31. The Morgan fingerprint density at radius 3 is 2.45 bits per heavy atom. The van der Waals surface area contributed by atoms with Gasteiger partial charge in [0.25, 0.3) is 0 Å². The molecule has 3 heteroatoms. The molecule has 0 fully saturated rings. The number of nitrogens with two attached hydrogens (primary N) is 1. The molecular formula is C17H22NO2+. The van der Waals surface area contributed by atoms with Gasteiger partial charge in [0.2, 0.25) is 0 Å². The second-order valence-corrected chi connectivity index (χ2v) is 4.56. The van der Waals surface area contributed by atoms with E-state index in [9.17, 15) is 0 Å². The molecule has 0 atom stereocenters. The van der Waals surface area contributed by atoms with Crippen LogP contribution in [0.5, 0.6) is 11.5 Å². The third-order valence-electron chi connectivity index (χ3n) is 3.01. The largest absolute Gasteiger partial charge is 0.490 e. The van der Waals surface area contributed by atoms with Crippen molar-refractivity contribution >= 4 is 0 Å². The summed E-state index contributed by atoms with van der Waals surface area (Å²) in [4.78, 5) is 0. The summed E-state index contributed by atoms with van der Waals surface area (Å²) >= 11 is 0. The molecule has 2 aromatic carbocycles. The maximum Gasteiger partial charge on any atom is 0.170 e. The Hall–Kier alpha value is -2.00. The summed E-state index contributed by atoms with van der Waals surface area (Å²) in [5.41, 5.74) is 2.32. The average Bonchev–Trinajstić information content (AvgIpc) is 2.48. The minimum Gasteiger partial charge on any atom is -0.490 e. The van der Waals surface area contributed by atoms with Gasteiger partial charge in [0.05, 0.1) is 19.2 Å². The van der Waals surface area contributed by atoms with E-state index in [-0.39, 0.29) is 0 Å². The number of para-hydroxylation sites is 1. The van der Waals surface area contributed by atoms with Crippen LogP contribution >= 0.6 is 0 Å². The first kappa shape index (κ1) is 14.4. The molecule has 0 bridgehead atoms. The van der Waals surface area contributed by atoms with Gasteiger partial charge in [-0.25, -0.2) is 0 Å². The molecule has 0 aromatic heterocycles. The first-order chi connectivity index (χ1) is 9.85. The van der Waals surface area contributed by atoms with Crippen LogP contribution in [0.15, 0.2) is 48.5 Å². The summed E-state index contributed by atoms with van der Waals surface area (Å²) in [5.74, 6) is 1.68. The first-order valence-electron chi connectivity index (χ1n) is 7.04. The van der Waals surface area contributed by atoms with Gasteiger partial charge in [-0.3, -0.25) is 0 Å². The number of rotatable bonds is 7. The number of quaternary nitrogens is 1. The van der Waals surface area contributed by atoms with E-state index < -0.39 is 0 Å². The van der Waals surface area contributed by atoms with Crippen molar-refractivity contribution in [1.29, 1.82) is 0 Å². The Balaban J connectivity index is 2.18. The van der Waals surface area contributed by atoms with Gasteiger partial charge in [-0.1, -0.05) is 36.4 Å². The van der Waals surface area contributed by atoms with Crippen LogP contribution in [0.25, 0.3) is 0 Å². The van der Waals surface area contributed by atoms with Crippen LogP contribution in [-0.4, -0.2) is 13.7 Å². The molecule has 0 saturated heterocycles. The molecule has 0 aliphatic carbocycles. The van der Waals surface area contributed by atoms with Gasteiger partial charge in [-0.05, 0) is 24.6 Å². The number of ether oxygens (including phenoxy) is 2. The smallest absolute Gasteiger partial charge is 0.170 e. The average molecular weight is 272 g/mol. The van der Waals surface area contributed by atoms with Gasteiger partial charge < -0.3 is 14.8 Å². The molecule has 106 valence electrons. The van der Waals surface area contributed by atoms with E-state index in [1.165, 1.54) is 0 Å². The van der Waals surface area contributed by atoms with Crippen molar-refractivity contribution in [2.75, 3.05) is 13.7 Å². The van der Waals surface area contributed by atoms with Gasteiger partial charge in [0.15, 0.2) is 11.5 Å². The van der Waals surface area contributed by atoms with E-state index in [4.69, 9.17) is 9.47 Å². The minimum absolute atomic E-state index is 0.557. The lowest BCUT2D eigenvalue weighted by Crippen LogP contribution is -2.77. The first-order valence-corrected chi connectivity index (χ1v) is 7.04. The Kier molecular flexibility index (Phi) is 5.44. The molecule has 0 radical (unpaired) electrons. The Labute approximate surface area is 120 Å². The Bertz CT molecular complexity index is 502. The summed E-state index contributed by atoms with van der Waals surface area (Å²) in [6, 6.07) is 16.2. The molecule has 0 aliphatic rings. The second-order valence-electron chi connectivity index (χ2n) is 4.56. The lowest BCUT2D eigenvalue weighted by Gasteiger charge is -2.15. The summed E-state index contributed by atoms with van der Waals surface area (Å²) in [6.07, 6.45) is 0. The van der Waals surface area contributed by atoms with E-state index >= 15 is 0 Å². The number of hydrogen-bond donors (Lipinski definition) is 1. The summed E-state index contributed by atoms with van der Waals surface area (Å²) in [6.45, 7) is 4.06. The fourth-order valence-electron chi connectivity index (χ4n) is 2.10. The third-order valence-corrected chi connectivity index (χ3v) is 3.01. The van der Waals surface area contributed by atoms with Crippen LogP contribution in [-0.2, 0) is 13.2 Å². The molecule has 0 saturated carbocycles. The van der Waals surface area contributed by atoms with Crippen LogP contribution in [0.2, 0.25) is 0 Å². The number of benzene rings is 2. The lowest BCUT2D eigenvalue weighted by atomic mass is 10.1. The normalized spacial score (nSPS) is 10.3.